The van der Waals surface area contributed by atoms with Gasteiger partial charge in [-0.25, -0.2) is 0 Å². The number of benzene rings is 1. The van der Waals surface area contributed by atoms with Gasteiger partial charge in [0.2, 0.25) is 0 Å². The van der Waals surface area contributed by atoms with Crippen molar-refractivity contribution >= 4 is 75.9 Å². The molecule has 0 spiro atoms. The van der Waals surface area contributed by atoms with E-state index in [9.17, 15) is 0 Å². The first-order valence-electron chi connectivity index (χ1n) is 3.21. The van der Waals surface area contributed by atoms with E-state index in [0.717, 1.165) is 4.47 Å². The third-order valence-corrected chi connectivity index (χ3v) is 4.80. The molecule has 1 heterocycles. The third-order valence-electron chi connectivity index (χ3n) is 1.51. The van der Waals surface area contributed by atoms with Crippen molar-refractivity contribution in [2.75, 3.05) is 0 Å². The van der Waals surface area contributed by atoms with Crippen LogP contribution in [0.15, 0.2) is 27.1 Å². The fourth-order valence-corrected chi connectivity index (χ4v) is 4.31. The Balaban J connectivity index is 2.88. The van der Waals surface area contributed by atoms with Gasteiger partial charge in [-0.15, -0.1) is 11.3 Å². The van der Waals surface area contributed by atoms with Gasteiger partial charge >= 0.3 is 0 Å². The largest absolute Gasteiger partial charge is 0.128 e. The maximum absolute atomic E-state index is 3.54. The minimum absolute atomic E-state index is 1.12. The van der Waals surface area contributed by atoms with Gasteiger partial charge in [0, 0.05) is 13.6 Å². The van der Waals surface area contributed by atoms with Gasteiger partial charge in [0.05, 0.1) is 2.88 Å². The van der Waals surface area contributed by atoms with Gasteiger partial charge in [0.25, 0.3) is 0 Å². The van der Waals surface area contributed by atoms with E-state index in [0.29, 0.717) is 0 Å². The summed E-state index contributed by atoms with van der Waals surface area (Å²) in [4.78, 5) is 0. The second-order valence-electron chi connectivity index (χ2n) is 2.36. The quantitative estimate of drug-likeness (QED) is 0.527. The molecule has 0 fully saturated rings. The van der Waals surface area contributed by atoms with Crippen LogP contribution in [-0.4, -0.2) is 0 Å². The lowest BCUT2D eigenvalue weighted by molar-refractivity contribution is 1.72. The summed E-state index contributed by atoms with van der Waals surface area (Å²) in [5.41, 5.74) is 0. The van der Waals surface area contributed by atoms with Crippen LogP contribution in [0, 0.1) is 2.88 Å². The van der Waals surface area contributed by atoms with E-state index in [1.165, 1.54) is 17.4 Å². The van der Waals surface area contributed by atoms with Crippen molar-refractivity contribution in [3.05, 3.63) is 30.0 Å². The number of halogens is 3. The number of thiophene rings is 1. The van der Waals surface area contributed by atoms with Gasteiger partial charge in [-0.2, -0.15) is 0 Å². The SMILES string of the molecule is Brc1cc(Br)c2sc(I)cc2c1. The zero-order valence-corrected chi connectivity index (χ0v) is 11.9. The van der Waals surface area contributed by atoms with Crippen molar-refractivity contribution in [1.82, 2.24) is 0 Å². The van der Waals surface area contributed by atoms with E-state index < -0.39 is 0 Å². The van der Waals surface area contributed by atoms with Crippen LogP contribution in [0.25, 0.3) is 10.1 Å². The van der Waals surface area contributed by atoms with E-state index in [-0.39, 0.29) is 0 Å². The first-order chi connectivity index (χ1) is 5.66. The second kappa shape index (κ2) is 3.55. The van der Waals surface area contributed by atoms with E-state index in [2.05, 4.69) is 72.6 Å². The first-order valence-corrected chi connectivity index (χ1v) is 6.69. The Morgan fingerprint density at radius 2 is 1.92 bits per heavy atom. The molecule has 0 radical (unpaired) electrons. The van der Waals surface area contributed by atoms with Gasteiger partial charge in [0.15, 0.2) is 0 Å². The zero-order chi connectivity index (χ0) is 8.72. The van der Waals surface area contributed by atoms with Crippen LogP contribution in [0.4, 0.5) is 0 Å². The van der Waals surface area contributed by atoms with Gasteiger partial charge in [-0.05, 0) is 62.1 Å². The molecule has 2 aromatic rings. The summed E-state index contributed by atoms with van der Waals surface area (Å²) in [6, 6.07) is 6.41. The Morgan fingerprint density at radius 3 is 2.67 bits per heavy atom. The lowest BCUT2D eigenvalue weighted by Gasteiger charge is -1.94. The molecule has 0 bridgehead atoms. The Hall–Kier alpha value is 0.870. The van der Waals surface area contributed by atoms with Crippen molar-refractivity contribution in [1.29, 1.82) is 0 Å². The number of hydrogen-bond donors (Lipinski definition) is 0. The van der Waals surface area contributed by atoms with Crippen molar-refractivity contribution in [2.24, 2.45) is 0 Å². The van der Waals surface area contributed by atoms with Crippen LogP contribution in [0.3, 0.4) is 0 Å². The minimum atomic E-state index is 1.12. The van der Waals surface area contributed by atoms with Gasteiger partial charge < -0.3 is 0 Å². The molecule has 0 aliphatic rings. The van der Waals surface area contributed by atoms with E-state index in [1.807, 2.05) is 0 Å². The molecule has 62 valence electrons. The molecule has 2 rings (SSSR count). The highest BCUT2D eigenvalue weighted by Gasteiger charge is 2.04. The highest BCUT2D eigenvalue weighted by molar-refractivity contribution is 14.1. The molecule has 1 aromatic heterocycles. The number of fused-ring (bicyclic) bond motifs is 1. The molecule has 0 atom stereocenters. The van der Waals surface area contributed by atoms with E-state index in [1.54, 1.807) is 11.3 Å². The summed E-state index contributed by atoms with van der Waals surface area (Å²) in [6.45, 7) is 0. The molecule has 0 unspecified atom stereocenters. The molecular formula is C8H3Br2IS. The lowest BCUT2D eigenvalue weighted by atomic mass is 10.3. The highest BCUT2D eigenvalue weighted by atomic mass is 127. The van der Waals surface area contributed by atoms with Crippen LogP contribution in [-0.2, 0) is 0 Å². The van der Waals surface area contributed by atoms with Crippen LogP contribution in [0.5, 0.6) is 0 Å². The Labute approximate surface area is 105 Å². The molecule has 12 heavy (non-hydrogen) atoms. The summed E-state index contributed by atoms with van der Waals surface area (Å²) in [6.07, 6.45) is 0. The van der Waals surface area contributed by atoms with E-state index in [4.69, 9.17) is 0 Å². The second-order valence-corrected chi connectivity index (χ2v) is 7.07. The Morgan fingerprint density at radius 1 is 1.17 bits per heavy atom. The normalized spacial score (nSPS) is 10.9. The molecule has 0 saturated carbocycles. The zero-order valence-electron chi connectivity index (χ0n) is 5.77. The number of rotatable bonds is 0. The molecule has 0 aliphatic carbocycles. The van der Waals surface area contributed by atoms with Crippen molar-refractivity contribution in [3.8, 4) is 0 Å². The molecule has 0 saturated heterocycles. The topological polar surface area (TPSA) is 0 Å². The summed E-state index contributed by atoms with van der Waals surface area (Å²) < 4.78 is 4.93. The predicted molar refractivity (Wildman–Crippen MR) is 69.9 cm³/mol. The summed E-state index contributed by atoms with van der Waals surface area (Å²) in [7, 11) is 0. The summed E-state index contributed by atoms with van der Waals surface area (Å²) >= 11 is 11.2. The van der Waals surface area contributed by atoms with Gasteiger partial charge in [-0.1, -0.05) is 15.9 Å². The van der Waals surface area contributed by atoms with Gasteiger partial charge in [0.1, 0.15) is 0 Å². The minimum Gasteiger partial charge on any atom is -0.128 e. The van der Waals surface area contributed by atoms with E-state index >= 15 is 0 Å². The van der Waals surface area contributed by atoms with Crippen molar-refractivity contribution in [2.45, 2.75) is 0 Å². The fourth-order valence-electron chi connectivity index (χ4n) is 1.04. The average Bonchev–Trinajstić information content (AvgIpc) is 2.29. The third kappa shape index (κ3) is 1.71. The van der Waals surface area contributed by atoms with Crippen molar-refractivity contribution in [3.63, 3.8) is 0 Å². The van der Waals surface area contributed by atoms with Crippen molar-refractivity contribution < 1.29 is 0 Å². The monoisotopic (exact) mass is 416 g/mol. The fraction of sp³-hybridized carbons (Fsp3) is 0. The van der Waals surface area contributed by atoms with Crippen LogP contribution < -0.4 is 0 Å². The Bertz CT molecular complexity index is 436. The molecular weight excluding hydrogens is 415 g/mol. The van der Waals surface area contributed by atoms with Crippen LogP contribution in [0.2, 0.25) is 0 Å². The average molecular weight is 418 g/mol. The molecule has 1 aromatic carbocycles. The highest BCUT2D eigenvalue weighted by Crippen LogP contribution is 2.35. The maximum Gasteiger partial charge on any atom is 0.0666 e. The summed E-state index contributed by atoms with van der Waals surface area (Å²) in [5.74, 6) is 0. The first kappa shape index (κ1) is 9.43. The standard InChI is InChI=1S/C8H3Br2IS/c9-5-1-4-2-7(11)12-8(4)6(10)3-5/h1-3H. The Kier molecular flexibility index (Phi) is 2.79. The van der Waals surface area contributed by atoms with Crippen LogP contribution >= 0.6 is 65.8 Å². The molecule has 0 amide bonds. The lowest BCUT2D eigenvalue weighted by Crippen LogP contribution is -1.67. The molecule has 4 heteroatoms. The molecule has 0 aliphatic heterocycles. The van der Waals surface area contributed by atoms with Gasteiger partial charge in [-0.3, -0.25) is 0 Å². The summed E-state index contributed by atoms with van der Waals surface area (Å²) in [5, 5.41) is 1.30. The number of hydrogen-bond acceptors (Lipinski definition) is 1. The maximum atomic E-state index is 3.54. The van der Waals surface area contributed by atoms with Crippen LogP contribution in [0.1, 0.15) is 0 Å². The molecule has 0 nitrogen and oxygen atoms in total. The predicted octanol–water partition coefficient (Wildman–Crippen LogP) is 5.03. The molecule has 0 N–H and O–H groups in total. The smallest absolute Gasteiger partial charge is 0.0666 e.